The molecule has 0 saturated heterocycles. The first-order chi connectivity index (χ1) is 7.33. The summed E-state index contributed by atoms with van der Waals surface area (Å²) < 4.78 is 0. The lowest BCUT2D eigenvalue weighted by Crippen LogP contribution is -2.18. The second-order valence-corrected chi connectivity index (χ2v) is 3.77. The number of rotatable bonds is 2. The van der Waals surface area contributed by atoms with Gasteiger partial charge in [0.25, 0.3) is 5.91 Å². The Morgan fingerprint density at radius 3 is 3.00 bits per heavy atom. The van der Waals surface area contributed by atoms with Crippen LogP contribution in [0.4, 0.5) is 0 Å². The van der Waals surface area contributed by atoms with Gasteiger partial charge in [-0.3, -0.25) is 9.78 Å². The average molecular weight is 218 g/mol. The van der Waals surface area contributed by atoms with Gasteiger partial charge in [0.2, 0.25) is 0 Å². The van der Waals surface area contributed by atoms with Crippen LogP contribution >= 0.6 is 11.3 Å². The first kappa shape index (κ1) is 9.86. The van der Waals surface area contributed by atoms with Crippen LogP contribution in [0.2, 0.25) is 0 Å². The molecular formula is C11H10N2OS. The Bertz CT molecular complexity index is 465. The van der Waals surface area contributed by atoms with E-state index in [9.17, 15) is 4.79 Å². The van der Waals surface area contributed by atoms with E-state index in [4.69, 9.17) is 0 Å². The van der Waals surface area contributed by atoms with Gasteiger partial charge < -0.3 is 5.32 Å². The van der Waals surface area contributed by atoms with Gasteiger partial charge in [0.15, 0.2) is 0 Å². The van der Waals surface area contributed by atoms with Gasteiger partial charge in [0.1, 0.15) is 0 Å². The number of pyridine rings is 1. The Morgan fingerprint density at radius 1 is 1.47 bits per heavy atom. The minimum Gasteiger partial charge on any atom is -0.355 e. The molecule has 2 rings (SSSR count). The van der Waals surface area contributed by atoms with Crippen LogP contribution in [0.15, 0.2) is 35.2 Å². The van der Waals surface area contributed by atoms with Crippen LogP contribution in [0.25, 0.3) is 11.3 Å². The second kappa shape index (κ2) is 4.23. The number of carbonyl (C=O) groups excluding carboxylic acids is 1. The van der Waals surface area contributed by atoms with Crippen LogP contribution in [0.3, 0.4) is 0 Å². The SMILES string of the molecule is CNC(=O)c1cccnc1-c1ccsc1. The molecule has 0 atom stereocenters. The first-order valence-electron chi connectivity index (χ1n) is 4.52. The molecule has 2 aromatic heterocycles. The highest BCUT2D eigenvalue weighted by molar-refractivity contribution is 7.08. The molecule has 0 radical (unpaired) electrons. The van der Waals surface area contributed by atoms with E-state index in [0.29, 0.717) is 5.56 Å². The standard InChI is InChI=1S/C11H10N2OS/c1-12-11(14)9-3-2-5-13-10(9)8-4-6-15-7-8/h2-7H,1H3,(H,12,14). The molecule has 0 spiro atoms. The number of amides is 1. The van der Waals surface area contributed by atoms with Crippen molar-refractivity contribution >= 4 is 17.2 Å². The Kier molecular flexibility index (Phi) is 2.78. The molecule has 1 amide bonds. The van der Waals surface area contributed by atoms with Crippen molar-refractivity contribution in [2.24, 2.45) is 0 Å². The molecule has 0 bridgehead atoms. The number of hydrogen-bond acceptors (Lipinski definition) is 3. The van der Waals surface area contributed by atoms with Crippen molar-refractivity contribution in [3.63, 3.8) is 0 Å². The number of aromatic nitrogens is 1. The van der Waals surface area contributed by atoms with Gasteiger partial charge in [-0.2, -0.15) is 11.3 Å². The molecule has 0 saturated carbocycles. The maximum atomic E-state index is 11.6. The zero-order chi connectivity index (χ0) is 10.7. The van der Waals surface area contributed by atoms with Crippen molar-refractivity contribution in [2.75, 3.05) is 7.05 Å². The summed E-state index contributed by atoms with van der Waals surface area (Å²) in [6.07, 6.45) is 1.69. The molecule has 1 N–H and O–H groups in total. The highest BCUT2D eigenvalue weighted by atomic mass is 32.1. The summed E-state index contributed by atoms with van der Waals surface area (Å²) in [6, 6.07) is 5.50. The van der Waals surface area contributed by atoms with Crippen molar-refractivity contribution in [3.05, 3.63) is 40.7 Å². The third-order valence-electron chi connectivity index (χ3n) is 2.07. The summed E-state index contributed by atoms with van der Waals surface area (Å²) in [5.41, 5.74) is 2.33. The van der Waals surface area contributed by atoms with Gasteiger partial charge in [-0.15, -0.1) is 0 Å². The lowest BCUT2D eigenvalue weighted by molar-refractivity contribution is 0.0963. The summed E-state index contributed by atoms with van der Waals surface area (Å²) in [5.74, 6) is -0.107. The summed E-state index contributed by atoms with van der Waals surface area (Å²) in [7, 11) is 1.62. The van der Waals surface area contributed by atoms with Crippen molar-refractivity contribution in [2.45, 2.75) is 0 Å². The number of thiophene rings is 1. The minimum absolute atomic E-state index is 0.107. The highest BCUT2D eigenvalue weighted by Crippen LogP contribution is 2.23. The van der Waals surface area contributed by atoms with Crippen LogP contribution in [0, 0.1) is 0 Å². The van der Waals surface area contributed by atoms with E-state index in [-0.39, 0.29) is 5.91 Å². The van der Waals surface area contributed by atoms with Crippen molar-refractivity contribution in [1.29, 1.82) is 0 Å². The van der Waals surface area contributed by atoms with E-state index in [1.54, 1.807) is 36.7 Å². The fraction of sp³-hybridized carbons (Fsp3) is 0.0909. The van der Waals surface area contributed by atoms with Gasteiger partial charge in [-0.25, -0.2) is 0 Å². The summed E-state index contributed by atoms with van der Waals surface area (Å²) in [5, 5.41) is 6.56. The lowest BCUT2D eigenvalue weighted by atomic mass is 10.1. The molecule has 2 heterocycles. The second-order valence-electron chi connectivity index (χ2n) is 2.99. The van der Waals surface area contributed by atoms with Gasteiger partial charge in [-0.05, 0) is 23.6 Å². The first-order valence-corrected chi connectivity index (χ1v) is 5.47. The fourth-order valence-corrected chi connectivity index (χ4v) is 1.99. The van der Waals surface area contributed by atoms with E-state index < -0.39 is 0 Å². The molecule has 0 unspecified atom stereocenters. The molecular weight excluding hydrogens is 208 g/mol. The molecule has 0 aliphatic carbocycles. The Hall–Kier alpha value is -1.68. The number of hydrogen-bond donors (Lipinski definition) is 1. The largest absolute Gasteiger partial charge is 0.355 e. The van der Waals surface area contributed by atoms with E-state index in [1.807, 2.05) is 16.8 Å². The molecule has 0 fully saturated rings. The molecule has 0 aromatic carbocycles. The van der Waals surface area contributed by atoms with E-state index in [2.05, 4.69) is 10.3 Å². The lowest BCUT2D eigenvalue weighted by Gasteiger charge is -2.04. The quantitative estimate of drug-likeness (QED) is 0.839. The highest BCUT2D eigenvalue weighted by Gasteiger charge is 2.11. The number of nitrogens with one attached hydrogen (secondary N) is 1. The minimum atomic E-state index is -0.107. The number of nitrogens with zero attached hydrogens (tertiary/aromatic N) is 1. The normalized spacial score (nSPS) is 9.93. The summed E-state index contributed by atoms with van der Waals surface area (Å²) in [4.78, 5) is 15.8. The van der Waals surface area contributed by atoms with E-state index >= 15 is 0 Å². The molecule has 0 aliphatic rings. The van der Waals surface area contributed by atoms with Crippen molar-refractivity contribution < 1.29 is 4.79 Å². The molecule has 4 heteroatoms. The summed E-state index contributed by atoms with van der Waals surface area (Å²) >= 11 is 1.59. The topological polar surface area (TPSA) is 42.0 Å². The van der Waals surface area contributed by atoms with Crippen LogP contribution in [-0.4, -0.2) is 17.9 Å². The predicted octanol–water partition coefficient (Wildman–Crippen LogP) is 2.17. The van der Waals surface area contributed by atoms with E-state index in [1.165, 1.54) is 0 Å². The van der Waals surface area contributed by atoms with Crippen LogP contribution in [0.5, 0.6) is 0 Å². The van der Waals surface area contributed by atoms with Crippen LogP contribution < -0.4 is 5.32 Å². The molecule has 0 aliphatic heterocycles. The van der Waals surface area contributed by atoms with Crippen LogP contribution in [-0.2, 0) is 0 Å². The monoisotopic (exact) mass is 218 g/mol. The van der Waals surface area contributed by atoms with Gasteiger partial charge in [-0.1, -0.05) is 0 Å². The Balaban J connectivity index is 2.52. The predicted molar refractivity (Wildman–Crippen MR) is 60.9 cm³/mol. The smallest absolute Gasteiger partial charge is 0.253 e. The van der Waals surface area contributed by atoms with Crippen molar-refractivity contribution in [3.8, 4) is 11.3 Å². The zero-order valence-corrected chi connectivity index (χ0v) is 9.04. The molecule has 76 valence electrons. The summed E-state index contributed by atoms with van der Waals surface area (Å²) in [6.45, 7) is 0. The third-order valence-corrected chi connectivity index (χ3v) is 2.76. The van der Waals surface area contributed by atoms with Gasteiger partial charge in [0, 0.05) is 24.2 Å². The maximum Gasteiger partial charge on any atom is 0.253 e. The molecule has 2 aromatic rings. The molecule has 15 heavy (non-hydrogen) atoms. The molecule has 3 nitrogen and oxygen atoms in total. The van der Waals surface area contributed by atoms with E-state index in [0.717, 1.165) is 11.3 Å². The number of carbonyl (C=O) groups is 1. The zero-order valence-electron chi connectivity index (χ0n) is 8.23. The third kappa shape index (κ3) is 1.89. The van der Waals surface area contributed by atoms with Crippen molar-refractivity contribution in [1.82, 2.24) is 10.3 Å². The van der Waals surface area contributed by atoms with Gasteiger partial charge >= 0.3 is 0 Å². The van der Waals surface area contributed by atoms with Crippen LogP contribution in [0.1, 0.15) is 10.4 Å². The fourth-order valence-electron chi connectivity index (χ4n) is 1.35. The Morgan fingerprint density at radius 2 is 2.33 bits per heavy atom. The Labute approximate surface area is 91.8 Å². The van der Waals surface area contributed by atoms with Gasteiger partial charge in [0.05, 0.1) is 11.3 Å². The average Bonchev–Trinajstić information content (AvgIpc) is 2.81. The maximum absolute atomic E-state index is 11.6.